The van der Waals surface area contributed by atoms with E-state index in [2.05, 4.69) is 11.8 Å². The van der Waals surface area contributed by atoms with Crippen molar-refractivity contribution in [2.45, 2.75) is 57.5 Å². The van der Waals surface area contributed by atoms with Crippen molar-refractivity contribution in [1.29, 1.82) is 0 Å². The van der Waals surface area contributed by atoms with Crippen molar-refractivity contribution in [1.82, 2.24) is 4.90 Å². The Hall–Kier alpha value is -0.610. The summed E-state index contributed by atoms with van der Waals surface area (Å²) in [5, 5.41) is 9.14. The topological polar surface area (TPSA) is 49.8 Å². The minimum absolute atomic E-state index is 0.107. The Kier molecular flexibility index (Phi) is 6.52. The third-order valence-corrected chi connectivity index (χ3v) is 3.61. The SMILES string of the molecule is CCCCC(C(=O)OC)N(CCO)C1CCC1. The van der Waals surface area contributed by atoms with Crippen LogP contribution in [-0.2, 0) is 9.53 Å². The number of rotatable bonds is 8. The fourth-order valence-corrected chi connectivity index (χ4v) is 2.38. The van der Waals surface area contributed by atoms with Gasteiger partial charge in [-0.1, -0.05) is 26.2 Å². The van der Waals surface area contributed by atoms with Crippen LogP contribution < -0.4 is 0 Å². The van der Waals surface area contributed by atoms with E-state index < -0.39 is 0 Å². The van der Waals surface area contributed by atoms with Crippen molar-refractivity contribution >= 4 is 5.97 Å². The van der Waals surface area contributed by atoms with Gasteiger partial charge in [0.1, 0.15) is 6.04 Å². The van der Waals surface area contributed by atoms with E-state index in [4.69, 9.17) is 9.84 Å². The molecule has 0 heterocycles. The summed E-state index contributed by atoms with van der Waals surface area (Å²) in [4.78, 5) is 14.0. The average molecular weight is 243 g/mol. The fraction of sp³-hybridized carbons (Fsp3) is 0.923. The normalized spacial score (nSPS) is 17.9. The van der Waals surface area contributed by atoms with Gasteiger partial charge < -0.3 is 9.84 Å². The minimum atomic E-state index is -0.169. The molecule has 100 valence electrons. The first-order valence-electron chi connectivity index (χ1n) is 6.69. The zero-order chi connectivity index (χ0) is 12.7. The number of unbranched alkanes of at least 4 members (excludes halogenated alkanes) is 1. The molecule has 0 aromatic rings. The van der Waals surface area contributed by atoms with Gasteiger partial charge in [-0.2, -0.15) is 0 Å². The van der Waals surface area contributed by atoms with Crippen molar-refractivity contribution in [2.24, 2.45) is 0 Å². The molecule has 1 saturated carbocycles. The maximum absolute atomic E-state index is 11.8. The monoisotopic (exact) mass is 243 g/mol. The van der Waals surface area contributed by atoms with Gasteiger partial charge >= 0.3 is 5.97 Å². The van der Waals surface area contributed by atoms with Crippen molar-refractivity contribution in [3.8, 4) is 0 Å². The second-order valence-corrected chi connectivity index (χ2v) is 4.73. The van der Waals surface area contributed by atoms with E-state index in [0.717, 1.165) is 32.1 Å². The van der Waals surface area contributed by atoms with Crippen LogP contribution in [-0.4, -0.2) is 48.3 Å². The Balaban J connectivity index is 2.63. The maximum atomic E-state index is 11.8. The highest BCUT2D eigenvalue weighted by atomic mass is 16.5. The third-order valence-electron chi connectivity index (χ3n) is 3.61. The van der Waals surface area contributed by atoms with Crippen LogP contribution in [0.15, 0.2) is 0 Å². The van der Waals surface area contributed by atoms with Crippen LogP contribution in [0.1, 0.15) is 45.4 Å². The summed E-state index contributed by atoms with van der Waals surface area (Å²) in [5.74, 6) is -0.154. The van der Waals surface area contributed by atoms with E-state index in [1.807, 2.05) is 0 Å². The molecule has 1 unspecified atom stereocenters. The van der Waals surface area contributed by atoms with E-state index in [9.17, 15) is 4.79 Å². The van der Waals surface area contributed by atoms with E-state index >= 15 is 0 Å². The smallest absolute Gasteiger partial charge is 0.323 e. The summed E-state index contributed by atoms with van der Waals surface area (Å²) in [6.45, 7) is 2.80. The number of methoxy groups -OCH3 is 1. The first-order chi connectivity index (χ1) is 8.24. The molecular formula is C13H25NO3. The van der Waals surface area contributed by atoms with E-state index in [1.54, 1.807) is 0 Å². The summed E-state index contributed by atoms with van der Waals surface area (Å²) in [6, 6.07) is 0.292. The van der Waals surface area contributed by atoms with Gasteiger partial charge in [-0.05, 0) is 19.3 Å². The van der Waals surface area contributed by atoms with Gasteiger partial charge in [0.25, 0.3) is 0 Å². The van der Waals surface area contributed by atoms with Gasteiger partial charge in [-0.3, -0.25) is 9.69 Å². The van der Waals surface area contributed by atoms with E-state index in [0.29, 0.717) is 12.6 Å². The lowest BCUT2D eigenvalue weighted by Crippen LogP contribution is -2.51. The molecule has 1 fully saturated rings. The van der Waals surface area contributed by atoms with Crippen molar-refractivity contribution in [2.75, 3.05) is 20.3 Å². The number of hydrogen-bond acceptors (Lipinski definition) is 4. The molecule has 0 aliphatic heterocycles. The lowest BCUT2D eigenvalue weighted by atomic mass is 9.89. The molecule has 1 atom stereocenters. The predicted molar refractivity (Wildman–Crippen MR) is 66.8 cm³/mol. The average Bonchev–Trinajstić information content (AvgIpc) is 2.27. The predicted octanol–water partition coefficient (Wildman–Crippen LogP) is 1.56. The molecule has 1 aliphatic rings. The number of carbonyl (C=O) groups excluding carboxylic acids is 1. The molecule has 0 radical (unpaired) electrons. The lowest BCUT2D eigenvalue weighted by Gasteiger charge is -2.41. The molecule has 4 nitrogen and oxygen atoms in total. The van der Waals surface area contributed by atoms with E-state index in [1.165, 1.54) is 13.5 Å². The van der Waals surface area contributed by atoms with Crippen molar-refractivity contribution in [3.05, 3.63) is 0 Å². The largest absolute Gasteiger partial charge is 0.468 e. The second-order valence-electron chi connectivity index (χ2n) is 4.73. The summed E-state index contributed by atoms with van der Waals surface area (Å²) in [6.07, 6.45) is 6.44. The first-order valence-corrected chi connectivity index (χ1v) is 6.69. The highest BCUT2D eigenvalue weighted by Gasteiger charge is 2.34. The Morgan fingerprint density at radius 1 is 1.53 bits per heavy atom. The standard InChI is InChI=1S/C13H25NO3/c1-3-4-8-12(13(16)17-2)14(9-10-15)11-6-5-7-11/h11-12,15H,3-10H2,1-2H3. The lowest BCUT2D eigenvalue weighted by molar-refractivity contribution is -0.149. The molecule has 4 heteroatoms. The van der Waals surface area contributed by atoms with Crippen LogP contribution in [0.2, 0.25) is 0 Å². The van der Waals surface area contributed by atoms with Crippen LogP contribution in [0, 0.1) is 0 Å². The number of aliphatic hydroxyl groups is 1. The molecule has 1 rings (SSSR count). The molecule has 0 bridgehead atoms. The van der Waals surface area contributed by atoms with Crippen molar-refractivity contribution in [3.63, 3.8) is 0 Å². The fourth-order valence-electron chi connectivity index (χ4n) is 2.38. The molecular weight excluding hydrogens is 218 g/mol. The van der Waals surface area contributed by atoms with Gasteiger partial charge in [0.05, 0.1) is 13.7 Å². The Morgan fingerprint density at radius 3 is 2.65 bits per heavy atom. The highest BCUT2D eigenvalue weighted by molar-refractivity contribution is 5.75. The number of esters is 1. The molecule has 1 N–H and O–H groups in total. The number of hydrogen-bond donors (Lipinski definition) is 1. The van der Waals surface area contributed by atoms with Crippen LogP contribution in [0.4, 0.5) is 0 Å². The number of aliphatic hydroxyl groups excluding tert-OH is 1. The molecule has 0 aromatic heterocycles. The van der Waals surface area contributed by atoms with Gasteiger partial charge in [-0.25, -0.2) is 0 Å². The van der Waals surface area contributed by atoms with Gasteiger partial charge in [0, 0.05) is 12.6 Å². The molecule has 0 saturated heterocycles. The maximum Gasteiger partial charge on any atom is 0.323 e. The molecule has 0 spiro atoms. The summed E-state index contributed by atoms with van der Waals surface area (Å²) >= 11 is 0. The van der Waals surface area contributed by atoms with Crippen LogP contribution in [0.3, 0.4) is 0 Å². The summed E-state index contributed by atoms with van der Waals surface area (Å²) in [7, 11) is 1.44. The second kappa shape index (κ2) is 7.67. The van der Waals surface area contributed by atoms with Crippen LogP contribution >= 0.6 is 0 Å². The highest BCUT2D eigenvalue weighted by Crippen LogP contribution is 2.28. The Morgan fingerprint density at radius 2 is 2.24 bits per heavy atom. The Labute approximate surface area is 104 Å². The molecule has 0 aromatic carbocycles. The zero-order valence-electron chi connectivity index (χ0n) is 11.0. The van der Waals surface area contributed by atoms with E-state index in [-0.39, 0.29) is 18.6 Å². The quantitative estimate of drug-likeness (QED) is 0.657. The van der Waals surface area contributed by atoms with Crippen LogP contribution in [0.25, 0.3) is 0 Å². The summed E-state index contributed by atoms with van der Waals surface area (Å²) in [5.41, 5.74) is 0. The van der Waals surface area contributed by atoms with Gasteiger partial charge in [0.15, 0.2) is 0 Å². The molecule has 0 amide bonds. The third kappa shape index (κ3) is 3.96. The number of ether oxygens (including phenoxy) is 1. The minimum Gasteiger partial charge on any atom is -0.468 e. The van der Waals surface area contributed by atoms with Crippen molar-refractivity contribution < 1.29 is 14.6 Å². The first kappa shape index (κ1) is 14.5. The summed E-state index contributed by atoms with van der Waals surface area (Å²) < 4.78 is 4.89. The number of nitrogens with zero attached hydrogens (tertiary/aromatic N) is 1. The van der Waals surface area contributed by atoms with Crippen LogP contribution in [0.5, 0.6) is 0 Å². The Bertz CT molecular complexity index is 229. The van der Waals surface area contributed by atoms with Gasteiger partial charge in [0.2, 0.25) is 0 Å². The number of carbonyl (C=O) groups is 1. The van der Waals surface area contributed by atoms with Gasteiger partial charge in [-0.15, -0.1) is 0 Å². The zero-order valence-corrected chi connectivity index (χ0v) is 11.0. The molecule has 17 heavy (non-hydrogen) atoms. The molecule has 1 aliphatic carbocycles.